The Bertz CT molecular complexity index is 300. The van der Waals surface area contributed by atoms with E-state index in [1.54, 1.807) is 0 Å². The number of ether oxygens (including phenoxy) is 1. The Morgan fingerprint density at radius 3 is 2.00 bits per heavy atom. The van der Waals surface area contributed by atoms with Crippen molar-refractivity contribution in [2.24, 2.45) is 0 Å². The van der Waals surface area contributed by atoms with E-state index in [0.717, 1.165) is 19.3 Å². The summed E-state index contributed by atoms with van der Waals surface area (Å²) < 4.78 is 4.99. The maximum Gasteiger partial charge on any atom is 0.253 e. The standard InChI is InChI=1S/C16H32O7/c1-2-3-4-5-6-7-8-9-10-23-16(22,12-18)15(21)14(20)13(19)11-17/h12-15,17,19-22H,2-11H2,1H3/t13-,14-,15+,16-/m1/s1. The molecule has 0 radical (unpaired) electrons. The summed E-state index contributed by atoms with van der Waals surface area (Å²) >= 11 is 0. The van der Waals surface area contributed by atoms with Crippen molar-refractivity contribution in [1.29, 1.82) is 0 Å². The van der Waals surface area contributed by atoms with Gasteiger partial charge < -0.3 is 30.3 Å². The first-order valence-electron chi connectivity index (χ1n) is 8.40. The predicted octanol–water partition coefficient (Wildman–Crippen LogP) is 0.106. The van der Waals surface area contributed by atoms with Crippen LogP contribution in [0.3, 0.4) is 0 Å². The summed E-state index contributed by atoms with van der Waals surface area (Å²) in [5, 5.41) is 47.1. The highest BCUT2D eigenvalue weighted by Crippen LogP contribution is 2.17. The second-order valence-electron chi connectivity index (χ2n) is 5.88. The fourth-order valence-electron chi connectivity index (χ4n) is 2.22. The van der Waals surface area contributed by atoms with E-state index in [1.165, 1.54) is 25.7 Å². The van der Waals surface area contributed by atoms with Gasteiger partial charge in [0.15, 0.2) is 6.29 Å². The Labute approximate surface area is 137 Å². The molecule has 0 aromatic carbocycles. The lowest BCUT2D eigenvalue weighted by atomic mass is 10.0. The van der Waals surface area contributed by atoms with Crippen molar-refractivity contribution in [2.45, 2.75) is 82.4 Å². The third kappa shape index (κ3) is 8.74. The first kappa shape index (κ1) is 22.4. The van der Waals surface area contributed by atoms with Crippen LogP contribution in [-0.2, 0) is 9.53 Å². The van der Waals surface area contributed by atoms with Crippen LogP contribution in [0.15, 0.2) is 0 Å². The van der Waals surface area contributed by atoms with Gasteiger partial charge in [-0.15, -0.1) is 0 Å². The number of carbonyl (C=O) groups is 1. The van der Waals surface area contributed by atoms with Crippen LogP contribution in [0.1, 0.15) is 58.3 Å². The maximum atomic E-state index is 11.0. The molecule has 0 fully saturated rings. The Morgan fingerprint density at radius 1 is 1.00 bits per heavy atom. The quantitative estimate of drug-likeness (QED) is 0.163. The zero-order valence-corrected chi connectivity index (χ0v) is 13.9. The molecule has 23 heavy (non-hydrogen) atoms. The van der Waals surface area contributed by atoms with E-state index in [0.29, 0.717) is 6.42 Å². The molecule has 0 aliphatic heterocycles. The third-order valence-corrected chi connectivity index (χ3v) is 3.83. The van der Waals surface area contributed by atoms with Gasteiger partial charge in [-0.25, -0.2) is 0 Å². The molecule has 0 bridgehead atoms. The highest BCUT2D eigenvalue weighted by molar-refractivity contribution is 5.61. The topological polar surface area (TPSA) is 127 Å². The van der Waals surface area contributed by atoms with Crippen LogP contribution in [-0.4, -0.2) is 69.1 Å². The van der Waals surface area contributed by atoms with E-state index in [1.807, 2.05) is 0 Å². The first-order valence-corrected chi connectivity index (χ1v) is 8.40. The van der Waals surface area contributed by atoms with Crippen molar-refractivity contribution in [2.75, 3.05) is 13.2 Å². The van der Waals surface area contributed by atoms with Gasteiger partial charge in [-0.05, 0) is 6.42 Å². The molecule has 0 aliphatic rings. The van der Waals surface area contributed by atoms with E-state index in [-0.39, 0.29) is 12.9 Å². The van der Waals surface area contributed by atoms with Crippen molar-refractivity contribution in [1.82, 2.24) is 0 Å². The van der Waals surface area contributed by atoms with Gasteiger partial charge in [0.25, 0.3) is 5.79 Å². The molecule has 7 heteroatoms. The molecule has 0 saturated heterocycles. The average Bonchev–Trinajstić information content (AvgIpc) is 2.57. The number of aldehydes is 1. The van der Waals surface area contributed by atoms with Crippen molar-refractivity contribution in [3.05, 3.63) is 0 Å². The van der Waals surface area contributed by atoms with E-state index in [9.17, 15) is 25.2 Å². The molecule has 138 valence electrons. The number of carbonyl (C=O) groups excluding carboxylic acids is 1. The summed E-state index contributed by atoms with van der Waals surface area (Å²) in [6, 6.07) is 0. The van der Waals surface area contributed by atoms with Crippen LogP contribution in [0, 0.1) is 0 Å². The molecular formula is C16H32O7. The second kappa shape index (κ2) is 12.8. The van der Waals surface area contributed by atoms with Crippen LogP contribution in [0.5, 0.6) is 0 Å². The fraction of sp³-hybridized carbons (Fsp3) is 0.938. The van der Waals surface area contributed by atoms with Gasteiger partial charge in [-0.3, -0.25) is 4.79 Å². The van der Waals surface area contributed by atoms with Crippen molar-refractivity contribution in [3.8, 4) is 0 Å². The number of aliphatic hydroxyl groups excluding tert-OH is 4. The molecule has 5 N–H and O–H groups in total. The van der Waals surface area contributed by atoms with Crippen LogP contribution < -0.4 is 0 Å². The van der Waals surface area contributed by atoms with Gasteiger partial charge in [-0.2, -0.15) is 0 Å². The minimum atomic E-state index is -2.60. The molecule has 0 aromatic heterocycles. The van der Waals surface area contributed by atoms with Gasteiger partial charge in [0.2, 0.25) is 0 Å². The Balaban J connectivity index is 4.01. The van der Waals surface area contributed by atoms with Crippen molar-refractivity contribution < 1.29 is 35.1 Å². The van der Waals surface area contributed by atoms with Crippen molar-refractivity contribution >= 4 is 6.29 Å². The summed E-state index contributed by atoms with van der Waals surface area (Å²) in [6.07, 6.45) is 2.87. The number of unbranched alkanes of at least 4 members (excludes halogenated alkanes) is 7. The smallest absolute Gasteiger partial charge is 0.253 e. The molecule has 0 spiro atoms. The van der Waals surface area contributed by atoms with Gasteiger partial charge >= 0.3 is 0 Å². The molecule has 7 nitrogen and oxygen atoms in total. The Morgan fingerprint density at radius 2 is 1.52 bits per heavy atom. The number of hydrogen-bond donors (Lipinski definition) is 5. The number of hydrogen-bond acceptors (Lipinski definition) is 7. The highest BCUT2D eigenvalue weighted by Gasteiger charge is 2.43. The predicted molar refractivity (Wildman–Crippen MR) is 84.7 cm³/mol. The average molecular weight is 336 g/mol. The maximum absolute atomic E-state index is 11.0. The molecule has 0 aromatic rings. The van der Waals surface area contributed by atoms with Gasteiger partial charge in [-0.1, -0.05) is 51.9 Å². The Kier molecular flexibility index (Phi) is 12.5. The molecule has 4 atom stereocenters. The molecule has 0 saturated carbocycles. The number of aliphatic hydroxyl groups is 5. The van der Waals surface area contributed by atoms with Crippen molar-refractivity contribution in [3.63, 3.8) is 0 Å². The van der Waals surface area contributed by atoms with Crippen LogP contribution in [0.4, 0.5) is 0 Å². The molecule has 0 unspecified atom stereocenters. The molecule has 0 rings (SSSR count). The lowest BCUT2D eigenvalue weighted by molar-refractivity contribution is -0.260. The normalized spacial score (nSPS) is 18.2. The van der Waals surface area contributed by atoms with Gasteiger partial charge in [0, 0.05) is 0 Å². The van der Waals surface area contributed by atoms with Gasteiger partial charge in [0.1, 0.15) is 18.3 Å². The minimum Gasteiger partial charge on any atom is -0.394 e. The Hall–Kier alpha value is -0.570. The lowest BCUT2D eigenvalue weighted by Gasteiger charge is -2.32. The van der Waals surface area contributed by atoms with E-state index in [4.69, 9.17) is 9.84 Å². The monoisotopic (exact) mass is 336 g/mol. The van der Waals surface area contributed by atoms with E-state index >= 15 is 0 Å². The first-order chi connectivity index (χ1) is 10.9. The molecule has 0 amide bonds. The van der Waals surface area contributed by atoms with Crippen LogP contribution in [0.25, 0.3) is 0 Å². The zero-order chi connectivity index (χ0) is 17.7. The molecule has 0 aliphatic carbocycles. The molecule has 0 heterocycles. The summed E-state index contributed by atoms with van der Waals surface area (Å²) in [4.78, 5) is 11.0. The largest absolute Gasteiger partial charge is 0.394 e. The fourth-order valence-corrected chi connectivity index (χ4v) is 2.22. The second-order valence-corrected chi connectivity index (χ2v) is 5.88. The van der Waals surface area contributed by atoms with Crippen LogP contribution >= 0.6 is 0 Å². The third-order valence-electron chi connectivity index (χ3n) is 3.83. The zero-order valence-electron chi connectivity index (χ0n) is 13.9. The SMILES string of the molecule is CCCCCCCCCCO[C@](O)(C=O)[C@@H](O)[C@H](O)[C@H](O)CO. The van der Waals surface area contributed by atoms with E-state index < -0.39 is 30.7 Å². The highest BCUT2D eigenvalue weighted by atomic mass is 16.6. The summed E-state index contributed by atoms with van der Waals surface area (Å²) in [5.41, 5.74) is 0. The lowest BCUT2D eigenvalue weighted by Crippen LogP contribution is -2.56. The minimum absolute atomic E-state index is 0.0181. The summed E-state index contributed by atoms with van der Waals surface area (Å²) in [7, 11) is 0. The van der Waals surface area contributed by atoms with Crippen LogP contribution in [0.2, 0.25) is 0 Å². The molecular weight excluding hydrogens is 304 g/mol. The van der Waals surface area contributed by atoms with E-state index in [2.05, 4.69) is 6.92 Å². The van der Waals surface area contributed by atoms with Gasteiger partial charge in [0.05, 0.1) is 13.2 Å². The summed E-state index contributed by atoms with van der Waals surface area (Å²) in [6.45, 7) is 1.39. The number of rotatable bonds is 15. The summed E-state index contributed by atoms with van der Waals surface area (Å²) in [5.74, 6) is -2.60.